The van der Waals surface area contributed by atoms with Crippen molar-refractivity contribution in [2.24, 2.45) is 0 Å². The number of ether oxygens (including phenoxy) is 2. The molecule has 1 aromatic carbocycles. The molecule has 0 unspecified atom stereocenters. The van der Waals surface area contributed by atoms with Crippen LogP contribution in [0.5, 0.6) is 6.08 Å². The molecule has 0 fully saturated rings. The van der Waals surface area contributed by atoms with Gasteiger partial charge in [0.1, 0.15) is 5.56 Å². The van der Waals surface area contributed by atoms with E-state index in [4.69, 9.17) is 25.3 Å². The third-order valence-corrected chi connectivity index (χ3v) is 3.33. The maximum atomic E-state index is 11.5. The number of aromatic nitrogens is 2. The van der Waals surface area contributed by atoms with Gasteiger partial charge in [0.2, 0.25) is 5.82 Å². The molecule has 23 heavy (non-hydrogen) atoms. The highest BCUT2D eigenvalue weighted by molar-refractivity contribution is 6.33. The quantitative estimate of drug-likeness (QED) is 0.661. The Kier molecular flexibility index (Phi) is 4.29. The van der Waals surface area contributed by atoms with Crippen molar-refractivity contribution in [1.82, 2.24) is 10.1 Å². The van der Waals surface area contributed by atoms with Crippen molar-refractivity contribution >= 4 is 17.6 Å². The maximum absolute atomic E-state index is 11.5. The second-order valence-corrected chi connectivity index (χ2v) is 4.81. The largest absolute Gasteiger partial charge is 0.465 e. The fourth-order valence-corrected chi connectivity index (χ4v) is 2.11. The van der Waals surface area contributed by atoms with E-state index in [1.807, 2.05) is 6.07 Å². The number of rotatable bonds is 5. The highest BCUT2D eigenvalue weighted by Gasteiger charge is 2.17. The summed E-state index contributed by atoms with van der Waals surface area (Å²) >= 11 is 6.07. The number of carbonyl (C=O) groups excluding carboxylic acids is 1. The van der Waals surface area contributed by atoms with E-state index in [9.17, 15) is 4.79 Å². The first-order valence-electron chi connectivity index (χ1n) is 6.55. The van der Waals surface area contributed by atoms with E-state index in [0.29, 0.717) is 22.2 Å². The van der Waals surface area contributed by atoms with Crippen molar-refractivity contribution < 1.29 is 23.2 Å². The van der Waals surface area contributed by atoms with Crippen LogP contribution in [0.3, 0.4) is 0 Å². The van der Waals surface area contributed by atoms with Crippen molar-refractivity contribution in [2.45, 2.75) is 6.61 Å². The minimum Gasteiger partial charge on any atom is -0.465 e. The van der Waals surface area contributed by atoms with E-state index in [-0.39, 0.29) is 18.2 Å². The van der Waals surface area contributed by atoms with Crippen LogP contribution in [0.15, 0.2) is 45.5 Å². The summed E-state index contributed by atoms with van der Waals surface area (Å²) in [6.45, 7) is -0.0540. The molecule has 2 heterocycles. The second kappa shape index (κ2) is 6.53. The van der Waals surface area contributed by atoms with Crippen LogP contribution in [0.4, 0.5) is 0 Å². The summed E-state index contributed by atoms with van der Waals surface area (Å²) in [6.07, 6.45) is 1.31. The number of hydrogen-bond donors (Lipinski definition) is 0. The topological polar surface area (TPSA) is 87.6 Å². The van der Waals surface area contributed by atoms with Gasteiger partial charge in [-0.3, -0.25) is 4.52 Å². The van der Waals surface area contributed by atoms with E-state index >= 15 is 0 Å². The van der Waals surface area contributed by atoms with Gasteiger partial charge in [-0.1, -0.05) is 28.9 Å². The van der Waals surface area contributed by atoms with Gasteiger partial charge in [0.05, 0.1) is 18.4 Å². The molecule has 0 amide bonds. The first-order valence-corrected chi connectivity index (χ1v) is 6.93. The fourth-order valence-electron chi connectivity index (χ4n) is 1.89. The van der Waals surface area contributed by atoms with E-state index in [1.54, 1.807) is 18.2 Å². The fraction of sp³-hybridized carbons (Fsp3) is 0.133. The minimum absolute atomic E-state index is 0.0540. The number of methoxy groups -OCH3 is 1. The van der Waals surface area contributed by atoms with Gasteiger partial charge in [-0.05, 0) is 18.2 Å². The van der Waals surface area contributed by atoms with Crippen LogP contribution in [-0.4, -0.2) is 23.2 Å². The lowest BCUT2D eigenvalue weighted by Gasteiger charge is -2.00. The van der Waals surface area contributed by atoms with Crippen LogP contribution in [-0.2, 0) is 11.3 Å². The Labute approximate surface area is 135 Å². The van der Waals surface area contributed by atoms with Gasteiger partial charge in [-0.2, -0.15) is 4.98 Å². The van der Waals surface area contributed by atoms with Crippen molar-refractivity contribution in [3.05, 3.63) is 52.9 Å². The molecule has 0 aliphatic carbocycles. The van der Waals surface area contributed by atoms with Gasteiger partial charge in [0.15, 0.2) is 12.4 Å². The standard InChI is InChI=1S/C15H11ClN2O5/c1-20-14(19)10-6-7-21-12(10)8-22-15-17-13(18-23-15)9-4-2-3-5-11(9)16/h2-7H,8H2,1H3. The van der Waals surface area contributed by atoms with Crippen LogP contribution < -0.4 is 4.74 Å². The van der Waals surface area contributed by atoms with Gasteiger partial charge in [-0.15, -0.1) is 0 Å². The molecule has 8 heteroatoms. The summed E-state index contributed by atoms with van der Waals surface area (Å²) in [6, 6.07) is 8.59. The van der Waals surface area contributed by atoms with E-state index in [1.165, 1.54) is 19.4 Å². The van der Waals surface area contributed by atoms with Crippen LogP contribution in [0.25, 0.3) is 11.4 Å². The summed E-state index contributed by atoms with van der Waals surface area (Å²) < 4.78 is 20.2. The number of esters is 1. The average Bonchev–Trinajstić information content (AvgIpc) is 3.21. The Morgan fingerprint density at radius 1 is 1.30 bits per heavy atom. The summed E-state index contributed by atoms with van der Waals surface area (Å²) in [5, 5.41) is 4.30. The Bertz CT molecular complexity index is 827. The monoisotopic (exact) mass is 334 g/mol. The zero-order chi connectivity index (χ0) is 16.2. The molecule has 0 saturated carbocycles. The summed E-state index contributed by atoms with van der Waals surface area (Å²) in [5.41, 5.74) is 0.902. The second-order valence-electron chi connectivity index (χ2n) is 4.40. The third-order valence-electron chi connectivity index (χ3n) is 3.00. The molecule has 0 atom stereocenters. The molecule has 3 rings (SSSR count). The number of halogens is 1. The SMILES string of the molecule is COC(=O)c1ccoc1COc1nc(-c2ccccc2Cl)no1. The van der Waals surface area contributed by atoms with Crippen molar-refractivity contribution in [3.63, 3.8) is 0 Å². The number of benzene rings is 1. The zero-order valence-corrected chi connectivity index (χ0v) is 12.7. The highest BCUT2D eigenvalue weighted by atomic mass is 35.5. The Hall–Kier alpha value is -2.80. The molecule has 0 spiro atoms. The van der Waals surface area contributed by atoms with Crippen LogP contribution in [0.2, 0.25) is 5.02 Å². The molecule has 118 valence electrons. The van der Waals surface area contributed by atoms with E-state index in [0.717, 1.165) is 0 Å². The Morgan fingerprint density at radius 2 is 2.13 bits per heavy atom. The molecule has 0 N–H and O–H groups in total. The Balaban J connectivity index is 1.72. The lowest BCUT2D eigenvalue weighted by molar-refractivity contribution is 0.0594. The lowest BCUT2D eigenvalue weighted by atomic mass is 10.2. The van der Waals surface area contributed by atoms with Crippen LogP contribution in [0.1, 0.15) is 16.1 Å². The van der Waals surface area contributed by atoms with Gasteiger partial charge in [0, 0.05) is 5.56 Å². The first-order chi connectivity index (χ1) is 11.2. The van der Waals surface area contributed by atoms with Crippen molar-refractivity contribution in [3.8, 4) is 17.5 Å². The van der Waals surface area contributed by atoms with E-state index in [2.05, 4.69) is 14.9 Å². The average molecular weight is 335 g/mol. The molecule has 2 aromatic heterocycles. The van der Waals surface area contributed by atoms with Gasteiger partial charge in [-0.25, -0.2) is 4.79 Å². The summed E-state index contributed by atoms with van der Waals surface area (Å²) in [5.74, 6) is 0.0900. The number of carbonyl (C=O) groups is 1. The zero-order valence-electron chi connectivity index (χ0n) is 12.0. The first kappa shape index (κ1) is 15.1. The molecule has 0 aliphatic rings. The molecule has 0 aliphatic heterocycles. The molecular weight excluding hydrogens is 324 g/mol. The molecule has 0 bridgehead atoms. The van der Waals surface area contributed by atoms with Crippen LogP contribution >= 0.6 is 11.6 Å². The Morgan fingerprint density at radius 3 is 2.91 bits per heavy atom. The normalized spacial score (nSPS) is 10.5. The number of nitrogens with zero attached hydrogens (tertiary/aromatic N) is 2. The lowest BCUT2D eigenvalue weighted by Crippen LogP contribution is -2.05. The third kappa shape index (κ3) is 3.19. The maximum Gasteiger partial charge on any atom is 0.418 e. The molecule has 7 nitrogen and oxygen atoms in total. The van der Waals surface area contributed by atoms with Gasteiger partial charge in [0.25, 0.3) is 0 Å². The molecule has 0 saturated heterocycles. The smallest absolute Gasteiger partial charge is 0.418 e. The van der Waals surface area contributed by atoms with Gasteiger partial charge >= 0.3 is 12.0 Å². The molecule has 3 aromatic rings. The number of hydrogen-bond acceptors (Lipinski definition) is 7. The highest BCUT2D eigenvalue weighted by Crippen LogP contribution is 2.26. The molecular formula is C15H11ClN2O5. The predicted octanol–water partition coefficient (Wildman–Crippen LogP) is 3.35. The number of furan rings is 1. The predicted molar refractivity (Wildman–Crippen MR) is 79.1 cm³/mol. The summed E-state index contributed by atoms with van der Waals surface area (Å²) in [4.78, 5) is 15.6. The summed E-state index contributed by atoms with van der Waals surface area (Å²) in [7, 11) is 1.29. The van der Waals surface area contributed by atoms with Crippen molar-refractivity contribution in [2.75, 3.05) is 7.11 Å². The van der Waals surface area contributed by atoms with Gasteiger partial charge < -0.3 is 13.9 Å². The van der Waals surface area contributed by atoms with E-state index < -0.39 is 5.97 Å². The van der Waals surface area contributed by atoms with Crippen LogP contribution in [0, 0.1) is 0 Å². The van der Waals surface area contributed by atoms with Crippen molar-refractivity contribution in [1.29, 1.82) is 0 Å². The minimum atomic E-state index is -0.514. The molecule has 0 radical (unpaired) electrons.